The number of hydrogen-bond donors (Lipinski definition) is 1. The number of H-pyrrole nitrogens is 1. The molecule has 2 aliphatic rings. The fourth-order valence-corrected chi connectivity index (χ4v) is 4.52. The summed E-state index contributed by atoms with van der Waals surface area (Å²) < 4.78 is 0. The Morgan fingerprint density at radius 1 is 1.26 bits per heavy atom. The molecule has 0 bridgehead atoms. The minimum absolute atomic E-state index is 0.0486. The summed E-state index contributed by atoms with van der Waals surface area (Å²) in [4.78, 5) is 33.0. The van der Waals surface area contributed by atoms with Gasteiger partial charge in [-0.25, -0.2) is 0 Å². The van der Waals surface area contributed by atoms with Crippen LogP contribution in [-0.2, 0) is 19.4 Å². The molecule has 1 aromatic heterocycles. The molecule has 4 rings (SSSR count). The lowest BCUT2D eigenvalue weighted by Gasteiger charge is -2.36. The summed E-state index contributed by atoms with van der Waals surface area (Å²) >= 11 is 0. The molecule has 0 radical (unpaired) electrons. The normalized spacial score (nSPS) is 19.5. The third-order valence-electron chi connectivity index (χ3n) is 6.04. The third kappa shape index (κ3) is 3.21. The van der Waals surface area contributed by atoms with Crippen LogP contribution in [0.15, 0.2) is 24.3 Å². The number of nitrogens with zero attached hydrogens (tertiary/aromatic N) is 2. The molecule has 2 aromatic rings. The number of aromatic nitrogens is 1. The van der Waals surface area contributed by atoms with Crippen LogP contribution in [0.1, 0.15) is 56.1 Å². The van der Waals surface area contributed by atoms with E-state index in [1.165, 1.54) is 11.1 Å². The first-order valence-corrected chi connectivity index (χ1v) is 9.72. The molecular weight excluding hydrogens is 338 g/mol. The lowest BCUT2D eigenvalue weighted by molar-refractivity contribution is 0.0728. The van der Waals surface area contributed by atoms with Gasteiger partial charge in [0.15, 0.2) is 5.78 Å². The van der Waals surface area contributed by atoms with E-state index >= 15 is 0 Å². The molecule has 5 nitrogen and oxygen atoms in total. The Morgan fingerprint density at radius 2 is 2.00 bits per heavy atom. The molecule has 1 amide bonds. The number of hydrogen-bond acceptors (Lipinski definition) is 3. The molecule has 1 aromatic carbocycles. The van der Waals surface area contributed by atoms with Crippen molar-refractivity contribution in [1.82, 2.24) is 14.8 Å². The molecule has 0 saturated heterocycles. The number of aromatic amines is 1. The second-order valence-corrected chi connectivity index (χ2v) is 7.98. The highest BCUT2D eigenvalue weighted by atomic mass is 16.2. The number of nitrogens with one attached hydrogen (secondary N) is 1. The molecular formula is C22H27N3O2. The monoisotopic (exact) mass is 365 g/mol. The maximum absolute atomic E-state index is 13.2. The van der Waals surface area contributed by atoms with Crippen molar-refractivity contribution in [2.45, 2.75) is 45.2 Å². The minimum Gasteiger partial charge on any atom is -0.361 e. The molecule has 5 heteroatoms. The van der Waals surface area contributed by atoms with E-state index in [2.05, 4.69) is 41.2 Å². The highest BCUT2D eigenvalue weighted by Gasteiger charge is 2.31. The van der Waals surface area contributed by atoms with Crippen molar-refractivity contribution in [3.63, 3.8) is 0 Å². The van der Waals surface area contributed by atoms with Crippen molar-refractivity contribution in [3.8, 4) is 0 Å². The number of aryl methyl sites for hydroxylation is 2. The van der Waals surface area contributed by atoms with E-state index < -0.39 is 0 Å². The number of rotatable bonds is 3. The molecule has 0 unspecified atom stereocenters. The van der Waals surface area contributed by atoms with Gasteiger partial charge >= 0.3 is 0 Å². The number of carbonyl (C=O) groups excluding carboxylic acids is 2. The van der Waals surface area contributed by atoms with Crippen LogP contribution in [0, 0.1) is 6.92 Å². The predicted octanol–water partition coefficient (Wildman–Crippen LogP) is 2.97. The van der Waals surface area contributed by atoms with Gasteiger partial charge in [0.05, 0.1) is 11.1 Å². The van der Waals surface area contributed by atoms with E-state index in [0.717, 1.165) is 37.2 Å². The molecule has 1 atom stereocenters. The lowest BCUT2D eigenvalue weighted by atomic mass is 9.92. The first kappa shape index (κ1) is 18.0. The van der Waals surface area contributed by atoms with E-state index in [-0.39, 0.29) is 17.7 Å². The Labute approximate surface area is 160 Å². The topological polar surface area (TPSA) is 56.4 Å². The van der Waals surface area contributed by atoms with Crippen molar-refractivity contribution >= 4 is 11.7 Å². The molecule has 0 fully saturated rings. The molecule has 0 saturated carbocycles. The van der Waals surface area contributed by atoms with Crippen molar-refractivity contribution in [2.24, 2.45) is 0 Å². The van der Waals surface area contributed by atoms with Gasteiger partial charge in [0, 0.05) is 44.0 Å². The average Bonchev–Trinajstić information content (AvgIpc) is 2.99. The number of carbonyl (C=O) groups is 2. The Balaban J connectivity index is 1.54. The first-order valence-electron chi connectivity index (χ1n) is 9.72. The standard InChI is InChI=1S/C22H27N3O2/c1-14-20(21-18(23-14)9-6-10-19(21)26)22(27)25(3)13-17-11-15-7-4-5-8-16(15)12-24(17)2/h4-5,7-8,17,23H,6,9-13H2,1-3H3/t17-/m1/s1. The van der Waals surface area contributed by atoms with Gasteiger partial charge in [0.2, 0.25) is 0 Å². The van der Waals surface area contributed by atoms with Gasteiger partial charge < -0.3 is 9.88 Å². The van der Waals surface area contributed by atoms with Crippen LogP contribution < -0.4 is 0 Å². The second-order valence-electron chi connectivity index (χ2n) is 7.98. The van der Waals surface area contributed by atoms with E-state index in [1.54, 1.807) is 4.90 Å². The molecule has 27 heavy (non-hydrogen) atoms. The summed E-state index contributed by atoms with van der Waals surface area (Å²) in [7, 11) is 3.97. The number of fused-ring (bicyclic) bond motifs is 2. The van der Waals surface area contributed by atoms with E-state index in [1.807, 2.05) is 14.0 Å². The van der Waals surface area contributed by atoms with Crippen molar-refractivity contribution < 1.29 is 9.59 Å². The summed E-state index contributed by atoms with van der Waals surface area (Å²) in [6.07, 6.45) is 3.19. The largest absolute Gasteiger partial charge is 0.361 e. The maximum atomic E-state index is 13.2. The Morgan fingerprint density at radius 3 is 2.78 bits per heavy atom. The zero-order valence-corrected chi connectivity index (χ0v) is 16.3. The highest BCUT2D eigenvalue weighted by molar-refractivity contribution is 6.10. The van der Waals surface area contributed by atoms with E-state index in [0.29, 0.717) is 24.1 Å². The van der Waals surface area contributed by atoms with Crippen LogP contribution in [0.25, 0.3) is 0 Å². The van der Waals surface area contributed by atoms with Gasteiger partial charge in [0.1, 0.15) is 0 Å². The molecule has 1 N–H and O–H groups in total. The van der Waals surface area contributed by atoms with E-state index in [4.69, 9.17) is 0 Å². The third-order valence-corrected chi connectivity index (χ3v) is 6.04. The van der Waals surface area contributed by atoms with Crippen molar-refractivity contribution in [2.75, 3.05) is 20.6 Å². The van der Waals surface area contributed by atoms with Gasteiger partial charge in [-0.15, -0.1) is 0 Å². The van der Waals surface area contributed by atoms with Crippen molar-refractivity contribution in [3.05, 3.63) is 57.9 Å². The Bertz CT molecular complexity index is 899. The number of likely N-dealkylation sites (N-methyl/N-ethyl adjacent to an activating group) is 2. The number of ketones is 1. The summed E-state index contributed by atoms with van der Waals surface area (Å²) in [5.41, 5.74) is 5.70. The van der Waals surface area contributed by atoms with Crippen LogP contribution >= 0.6 is 0 Å². The second kappa shape index (κ2) is 6.97. The number of benzene rings is 1. The zero-order valence-electron chi connectivity index (χ0n) is 16.3. The predicted molar refractivity (Wildman–Crippen MR) is 105 cm³/mol. The first-order chi connectivity index (χ1) is 13.0. The molecule has 142 valence electrons. The molecule has 2 heterocycles. The summed E-state index contributed by atoms with van der Waals surface area (Å²) in [5, 5.41) is 0. The Kier molecular flexibility index (Phi) is 4.64. The SMILES string of the molecule is Cc1[nH]c2c(c1C(=O)N(C)C[C@H]1Cc3ccccc3CN1C)C(=O)CCC2. The minimum atomic E-state index is -0.0486. The maximum Gasteiger partial charge on any atom is 0.256 e. The van der Waals surface area contributed by atoms with Gasteiger partial charge in [-0.1, -0.05) is 24.3 Å². The van der Waals surface area contributed by atoms with E-state index in [9.17, 15) is 9.59 Å². The fourth-order valence-electron chi connectivity index (χ4n) is 4.52. The molecule has 1 aliphatic carbocycles. The molecule has 0 spiro atoms. The highest BCUT2D eigenvalue weighted by Crippen LogP contribution is 2.28. The smallest absolute Gasteiger partial charge is 0.256 e. The fraction of sp³-hybridized carbons (Fsp3) is 0.455. The van der Waals surface area contributed by atoms with Crippen LogP contribution in [0.3, 0.4) is 0 Å². The van der Waals surface area contributed by atoms with Gasteiger partial charge in [-0.3, -0.25) is 14.5 Å². The summed E-state index contributed by atoms with van der Waals surface area (Å²) in [6.45, 7) is 3.45. The number of Topliss-reactive ketones (excluding diaryl/α,β-unsaturated/α-hetero) is 1. The van der Waals surface area contributed by atoms with Gasteiger partial charge in [0.25, 0.3) is 5.91 Å². The molecule has 1 aliphatic heterocycles. The number of amides is 1. The average molecular weight is 365 g/mol. The summed E-state index contributed by atoms with van der Waals surface area (Å²) in [5.74, 6) is 0.0496. The van der Waals surface area contributed by atoms with Crippen molar-refractivity contribution in [1.29, 1.82) is 0 Å². The van der Waals surface area contributed by atoms with Crippen LogP contribution in [0.4, 0.5) is 0 Å². The summed E-state index contributed by atoms with van der Waals surface area (Å²) in [6, 6.07) is 8.80. The van der Waals surface area contributed by atoms with Crippen LogP contribution in [0.5, 0.6) is 0 Å². The lowest BCUT2D eigenvalue weighted by Crippen LogP contribution is -2.46. The quantitative estimate of drug-likeness (QED) is 0.910. The van der Waals surface area contributed by atoms with Gasteiger partial charge in [-0.05, 0) is 44.4 Å². The zero-order chi connectivity index (χ0) is 19.1. The van der Waals surface area contributed by atoms with Gasteiger partial charge in [-0.2, -0.15) is 0 Å². The van der Waals surface area contributed by atoms with Crippen LogP contribution in [-0.4, -0.2) is 53.2 Å². The Hall–Kier alpha value is -2.40. The van der Waals surface area contributed by atoms with Crippen LogP contribution in [0.2, 0.25) is 0 Å².